The van der Waals surface area contributed by atoms with Crippen LogP contribution in [0.3, 0.4) is 0 Å². The Morgan fingerprint density at radius 2 is 1.96 bits per heavy atom. The average molecular weight is 384 g/mol. The maximum Gasteiger partial charge on any atom is 0.338 e. The van der Waals surface area contributed by atoms with Gasteiger partial charge in [-0.1, -0.05) is 24.6 Å². The number of halogens is 1. The van der Waals surface area contributed by atoms with Crippen LogP contribution in [0, 0.1) is 0 Å². The van der Waals surface area contributed by atoms with E-state index < -0.39 is 16.0 Å². The maximum absolute atomic E-state index is 12.2. The third-order valence-corrected chi connectivity index (χ3v) is 5.09. The molecule has 2 aromatic rings. The number of hydrogen-bond acceptors (Lipinski definition) is 5. The summed E-state index contributed by atoms with van der Waals surface area (Å²) >= 11 is 5.94. The van der Waals surface area contributed by atoms with E-state index in [2.05, 4.69) is 4.72 Å². The lowest BCUT2D eigenvalue weighted by Gasteiger charge is -2.10. The van der Waals surface area contributed by atoms with Gasteiger partial charge in [0.1, 0.15) is 12.4 Å². The number of carbonyl (C=O) groups is 1. The quantitative estimate of drug-likeness (QED) is 0.743. The molecule has 0 heterocycles. The summed E-state index contributed by atoms with van der Waals surface area (Å²) in [6.07, 6.45) is 0. The molecule has 0 unspecified atom stereocenters. The van der Waals surface area contributed by atoms with Crippen LogP contribution in [0.15, 0.2) is 47.4 Å². The van der Waals surface area contributed by atoms with Crippen LogP contribution >= 0.6 is 11.6 Å². The molecule has 0 saturated carbocycles. The van der Waals surface area contributed by atoms with Gasteiger partial charge in [-0.15, -0.1) is 0 Å². The Morgan fingerprint density at radius 1 is 1.20 bits per heavy atom. The monoisotopic (exact) mass is 383 g/mol. The van der Waals surface area contributed by atoms with E-state index in [1.54, 1.807) is 25.1 Å². The Labute approximate surface area is 151 Å². The largest absolute Gasteiger partial charge is 0.496 e. The van der Waals surface area contributed by atoms with Crippen LogP contribution in [-0.2, 0) is 21.4 Å². The second kappa shape index (κ2) is 8.33. The summed E-state index contributed by atoms with van der Waals surface area (Å²) in [5, 5.41) is 0.491. The van der Waals surface area contributed by atoms with E-state index in [1.807, 2.05) is 0 Å². The molecule has 0 spiro atoms. The Hall–Kier alpha value is -2.09. The summed E-state index contributed by atoms with van der Waals surface area (Å²) in [5.41, 5.74) is 0.750. The van der Waals surface area contributed by atoms with Gasteiger partial charge in [-0.25, -0.2) is 17.9 Å². The zero-order valence-corrected chi connectivity index (χ0v) is 15.4. The highest BCUT2D eigenvalue weighted by Gasteiger charge is 2.16. The van der Waals surface area contributed by atoms with Gasteiger partial charge in [0.05, 0.1) is 17.6 Å². The third kappa shape index (κ3) is 4.94. The van der Waals surface area contributed by atoms with Gasteiger partial charge in [-0.2, -0.15) is 0 Å². The zero-order valence-electron chi connectivity index (χ0n) is 13.8. The number of esters is 1. The maximum atomic E-state index is 12.2. The minimum absolute atomic E-state index is 0.00383. The van der Waals surface area contributed by atoms with E-state index in [1.165, 1.54) is 31.4 Å². The van der Waals surface area contributed by atoms with Gasteiger partial charge in [-0.05, 0) is 36.4 Å². The summed E-state index contributed by atoms with van der Waals surface area (Å²) in [7, 11) is -2.14. The first-order valence-corrected chi connectivity index (χ1v) is 9.32. The van der Waals surface area contributed by atoms with Crippen LogP contribution in [0.5, 0.6) is 5.75 Å². The fourth-order valence-electron chi connectivity index (χ4n) is 2.15. The van der Waals surface area contributed by atoms with Gasteiger partial charge in [-0.3, -0.25) is 0 Å². The lowest BCUT2D eigenvalue weighted by atomic mass is 10.2. The fraction of sp³-hybridized carbons (Fsp3) is 0.235. The van der Waals surface area contributed by atoms with Crippen molar-refractivity contribution in [3.63, 3.8) is 0 Å². The van der Waals surface area contributed by atoms with Crippen molar-refractivity contribution in [2.45, 2.75) is 18.4 Å². The second-order valence-corrected chi connectivity index (χ2v) is 7.26. The SMILES string of the molecule is CCNS(=O)(=O)c1cccc(C(=O)OCc2cc(Cl)ccc2OC)c1. The lowest BCUT2D eigenvalue weighted by Crippen LogP contribution is -2.23. The number of ether oxygens (including phenoxy) is 2. The second-order valence-electron chi connectivity index (χ2n) is 5.06. The van der Waals surface area contributed by atoms with Gasteiger partial charge in [0, 0.05) is 17.1 Å². The summed E-state index contributed by atoms with van der Waals surface area (Å²) < 4.78 is 36.8. The molecular weight excluding hydrogens is 366 g/mol. The molecule has 8 heteroatoms. The minimum atomic E-state index is -3.64. The molecule has 2 rings (SSSR count). The summed E-state index contributed by atoms with van der Waals surface area (Å²) in [4.78, 5) is 12.2. The van der Waals surface area contributed by atoms with Crippen LogP contribution in [0.1, 0.15) is 22.8 Å². The molecule has 1 N–H and O–H groups in total. The van der Waals surface area contributed by atoms with Gasteiger partial charge in [0.25, 0.3) is 0 Å². The predicted octanol–water partition coefficient (Wildman–Crippen LogP) is 3.00. The number of hydrogen-bond donors (Lipinski definition) is 1. The van der Waals surface area contributed by atoms with Gasteiger partial charge in [0.15, 0.2) is 0 Å². The van der Waals surface area contributed by atoms with E-state index in [4.69, 9.17) is 21.1 Å². The van der Waals surface area contributed by atoms with E-state index >= 15 is 0 Å². The number of methoxy groups -OCH3 is 1. The first-order chi connectivity index (χ1) is 11.9. The van der Waals surface area contributed by atoms with Crippen LogP contribution in [0.4, 0.5) is 0 Å². The number of rotatable bonds is 7. The molecule has 0 atom stereocenters. The Balaban J connectivity index is 2.16. The van der Waals surface area contributed by atoms with Crippen molar-refractivity contribution in [2.24, 2.45) is 0 Å². The minimum Gasteiger partial charge on any atom is -0.496 e. The molecule has 0 aliphatic rings. The van der Waals surface area contributed by atoms with Gasteiger partial charge in [0.2, 0.25) is 10.0 Å². The Morgan fingerprint density at radius 3 is 2.64 bits per heavy atom. The average Bonchev–Trinajstić information content (AvgIpc) is 2.60. The van der Waals surface area contributed by atoms with Gasteiger partial charge >= 0.3 is 5.97 Å². The standard InChI is InChI=1S/C17H18ClNO5S/c1-3-19-25(21,22)15-6-4-5-12(10-15)17(20)24-11-13-9-14(18)7-8-16(13)23-2/h4-10,19H,3,11H2,1-2H3. The van der Waals surface area contributed by atoms with E-state index in [9.17, 15) is 13.2 Å². The molecule has 6 nitrogen and oxygen atoms in total. The van der Waals surface area contributed by atoms with Crippen molar-refractivity contribution < 1.29 is 22.7 Å². The zero-order chi connectivity index (χ0) is 18.4. The smallest absolute Gasteiger partial charge is 0.338 e. The Bertz CT molecular complexity index is 867. The number of nitrogens with one attached hydrogen (secondary N) is 1. The van der Waals surface area contributed by atoms with E-state index in [0.717, 1.165) is 0 Å². The van der Waals surface area contributed by atoms with Crippen molar-refractivity contribution in [1.82, 2.24) is 4.72 Å². The first kappa shape index (κ1) is 19.2. The molecule has 134 valence electrons. The highest BCUT2D eigenvalue weighted by molar-refractivity contribution is 7.89. The summed E-state index contributed by atoms with van der Waals surface area (Å²) in [6.45, 7) is 1.88. The van der Waals surface area contributed by atoms with Crippen molar-refractivity contribution >= 4 is 27.6 Å². The molecule has 0 aliphatic heterocycles. The highest BCUT2D eigenvalue weighted by Crippen LogP contribution is 2.23. The molecule has 25 heavy (non-hydrogen) atoms. The number of sulfonamides is 1. The molecule has 0 fully saturated rings. The van der Waals surface area contributed by atoms with Crippen molar-refractivity contribution in [3.05, 3.63) is 58.6 Å². The molecule has 0 bridgehead atoms. The van der Waals surface area contributed by atoms with E-state index in [0.29, 0.717) is 16.3 Å². The molecule has 0 aliphatic carbocycles. The van der Waals surface area contributed by atoms with Crippen LogP contribution in [0.25, 0.3) is 0 Å². The number of benzene rings is 2. The van der Waals surface area contributed by atoms with E-state index in [-0.39, 0.29) is 23.6 Å². The van der Waals surface area contributed by atoms with Crippen molar-refractivity contribution in [1.29, 1.82) is 0 Å². The van der Waals surface area contributed by atoms with Crippen LogP contribution in [0.2, 0.25) is 5.02 Å². The molecule has 0 saturated heterocycles. The third-order valence-electron chi connectivity index (χ3n) is 3.32. The molecule has 2 aromatic carbocycles. The van der Waals surface area contributed by atoms with Crippen LogP contribution in [-0.4, -0.2) is 28.0 Å². The van der Waals surface area contributed by atoms with Gasteiger partial charge < -0.3 is 9.47 Å². The van der Waals surface area contributed by atoms with Crippen molar-refractivity contribution in [2.75, 3.05) is 13.7 Å². The highest BCUT2D eigenvalue weighted by atomic mass is 35.5. The number of carbonyl (C=O) groups excluding carboxylic acids is 1. The normalized spacial score (nSPS) is 11.2. The lowest BCUT2D eigenvalue weighted by molar-refractivity contribution is 0.0470. The molecule has 0 radical (unpaired) electrons. The summed E-state index contributed by atoms with van der Waals surface area (Å²) in [5.74, 6) is -0.101. The van der Waals surface area contributed by atoms with Crippen LogP contribution < -0.4 is 9.46 Å². The summed E-state index contributed by atoms with van der Waals surface area (Å²) in [6, 6.07) is 10.6. The first-order valence-electron chi connectivity index (χ1n) is 7.46. The molecular formula is C17H18ClNO5S. The fourth-order valence-corrected chi connectivity index (χ4v) is 3.43. The molecule has 0 aromatic heterocycles. The topological polar surface area (TPSA) is 81.7 Å². The van der Waals surface area contributed by atoms with Crippen molar-refractivity contribution in [3.8, 4) is 5.75 Å². The molecule has 0 amide bonds. The Kier molecular flexibility index (Phi) is 6.41. The predicted molar refractivity (Wildman–Crippen MR) is 94.4 cm³/mol.